The van der Waals surface area contributed by atoms with Crippen LogP contribution in [0.4, 0.5) is 5.69 Å². The Morgan fingerprint density at radius 1 is 1.15 bits per heavy atom. The Balaban J connectivity index is 2.24. The second kappa shape index (κ2) is 5.95. The van der Waals surface area contributed by atoms with Crippen molar-refractivity contribution in [3.05, 3.63) is 59.1 Å². The molecule has 0 atom stereocenters. The molecule has 0 aliphatic heterocycles. The number of nitrogens with zero attached hydrogens (tertiary/aromatic N) is 1. The van der Waals surface area contributed by atoms with Gasteiger partial charge in [-0.25, -0.2) is 8.42 Å². The van der Waals surface area contributed by atoms with Crippen molar-refractivity contribution < 1.29 is 8.42 Å². The summed E-state index contributed by atoms with van der Waals surface area (Å²) in [6.45, 7) is 0. The van der Waals surface area contributed by atoms with E-state index in [-0.39, 0.29) is 11.3 Å². The van der Waals surface area contributed by atoms with Crippen LogP contribution in [0.3, 0.4) is 0 Å². The Hall–Kier alpha value is -2.03. The molecule has 6 heteroatoms. The predicted molar refractivity (Wildman–Crippen MR) is 78.0 cm³/mol. The molecular weight excluding hydrogens is 296 g/mol. The molecule has 102 valence electrons. The first kappa shape index (κ1) is 14.4. The van der Waals surface area contributed by atoms with Crippen LogP contribution < -0.4 is 4.72 Å². The summed E-state index contributed by atoms with van der Waals surface area (Å²) in [6.07, 6.45) is 0.252. The Morgan fingerprint density at radius 3 is 2.45 bits per heavy atom. The average molecular weight is 307 g/mol. The van der Waals surface area contributed by atoms with Gasteiger partial charge in [-0.05, 0) is 35.9 Å². The smallest absolute Gasteiger partial charge is 0.261 e. The summed E-state index contributed by atoms with van der Waals surface area (Å²) in [5.41, 5.74) is 1.17. The highest BCUT2D eigenvalue weighted by Gasteiger charge is 2.14. The van der Waals surface area contributed by atoms with Gasteiger partial charge in [0, 0.05) is 5.02 Å². The molecule has 0 radical (unpaired) electrons. The van der Waals surface area contributed by atoms with Crippen LogP contribution in [0.5, 0.6) is 0 Å². The zero-order valence-corrected chi connectivity index (χ0v) is 11.9. The first-order chi connectivity index (χ1) is 9.51. The van der Waals surface area contributed by atoms with E-state index in [0.29, 0.717) is 10.7 Å². The Bertz CT molecular complexity index is 749. The summed E-state index contributed by atoms with van der Waals surface area (Å²) in [7, 11) is -3.65. The van der Waals surface area contributed by atoms with E-state index in [9.17, 15) is 8.42 Å². The lowest BCUT2D eigenvalue weighted by atomic mass is 10.2. The van der Waals surface area contributed by atoms with Gasteiger partial charge in [0.05, 0.1) is 23.1 Å². The fourth-order valence-electron chi connectivity index (χ4n) is 1.64. The summed E-state index contributed by atoms with van der Waals surface area (Å²) in [6, 6.07) is 14.7. The van der Waals surface area contributed by atoms with Crippen molar-refractivity contribution in [2.24, 2.45) is 0 Å². The number of nitrogens with one attached hydrogen (secondary N) is 1. The van der Waals surface area contributed by atoms with Crippen molar-refractivity contribution >= 4 is 27.3 Å². The van der Waals surface area contributed by atoms with Crippen molar-refractivity contribution in [2.45, 2.75) is 11.3 Å². The number of halogens is 1. The number of hydrogen-bond acceptors (Lipinski definition) is 3. The average Bonchev–Trinajstić information content (AvgIpc) is 2.39. The quantitative estimate of drug-likeness (QED) is 0.943. The molecule has 4 nitrogen and oxygen atoms in total. The van der Waals surface area contributed by atoms with E-state index in [4.69, 9.17) is 16.9 Å². The molecule has 0 spiro atoms. The van der Waals surface area contributed by atoms with Gasteiger partial charge in [0.25, 0.3) is 10.0 Å². The van der Waals surface area contributed by atoms with Gasteiger partial charge in [-0.15, -0.1) is 0 Å². The molecule has 0 bridgehead atoms. The minimum atomic E-state index is -3.65. The molecule has 0 aliphatic carbocycles. The summed E-state index contributed by atoms with van der Waals surface area (Å²) in [4.78, 5) is 0.138. The van der Waals surface area contributed by atoms with Crippen molar-refractivity contribution in [3.63, 3.8) is 0 Å². The standard InChI is InChI=1S/C14H11ClN2O2S/c15-12-2-1-3-13(10-12)17-20(18,19)14-6-4-11(5-7-14)8-9-16/h1-7,10,17H,8H2. The molecule has 0 heterocycles. The lowest BCUT2D eigenvalue weighted by Crippen LogP contribution is -2.12. The van der Waals surface area contributed by atoms with E-state index >= 15 is 0 Å². The monoisotopic (exact) mass is 306 g/mol. The molecule has 20 heavy (non-hydrogen) atoms. The molecule has 0 unspecified atom stereocenters. The number of hydrogen-bond donors (Lipinski definition) is 1. The van der Waals surface area contributed by atoms with Crippen LogP contribution in [-0.2, 0) is 16.4 Å². The lowest BCUT2D eigenvalue weighted by molar-refractivity contribution is 0.601. The van der Waals surface area contributed by atoms with E-state index in [1.54, 1.807) is 30.3 Å². The van der Waals surface area contributed by atoms with E-state index in [1.807, 2.05) is 6.07 Å². The van der Waals surface area contributed by atoms with Crippen LogP contribution in [0, 0.1) is 11.3 Å². The highest BCUT2D eigenvalue weighted by molar-refractivity contribution is 7.92. The third-order valence-electron chi connectivity index (χ3n) is 2.59. The fourth-order valence-corrected chi connectivity index (χ4v) is 2.88. The molecule has 0 aromatic heterocycles. The maximum absolute atomic E-state index is 12.2. The molecule has 2 aromatic carbocycles. The van der Waals surface area contributed by atoms with Crippen molar-refractivity contribution in [2.75, 3.05) is 4.72 Å². The van der Waals surface area contributed by atoms with Crippen LogP contribution in [0.1, 0.15) is 5.56 Å². The molecule has 0 fully saturated rings. The maximum atomic E-state index is 12.2. The second-order valence-corrected chi connectivity index (χ2v) is 6.21. The van der Waals surface area contributed by atoms with Gasteiger partial charge in [-0.2, -0.15) is 5.26 Å². The van der Waals surface area contributed by atoms with Gasteiger partial charge in [0.15, 0.2) is 0 Å². The van der Waals surface area contributed by atoms with Gasteiger partial charge in [-0.1, -0.05) is 29.8 Å². The molecule has 0 aliphatic rings. The molecule has 1 N–H and O–H groups in total. The topological polar surface area (TPSA) is 70.0 Å². The van der Waals surface area contributed by atoms with Gasteiger partial charge in [-0.3, -0.25) is 4.72 Å². The van der Waals surface area contributed by atoms with E-state index in [0.717, 1.165) is 5.56 Å². The molecule has 2 rings (SSSR count). The Kier molecular flexibility index (Phi) is 4.28. The van der Waals surface area contributed by atoms with Gasteiger partial charge in [0.1, 0.15) is 0 Å². The largest absolute Gasteiger partial charge is 0.280 e. The molecular formula is C14H11ClN2O2S. The molecule has 0 amide bonds. The van der Waals surface area contributed by atoms with Crippen LogP contribution >= 0.6 is 11.6 Å². The summed E-state index contributed by atoms with van der Waals surface area (Å²) < 4.78 is 26.8. The van der Waals surface area contributed by atoms with Gasteiger partial charge in [0.2, 0.25) is 0 Å². The summed E-state index contributed by atoms with van der Waals surface area (Å²) in [5.74, 6) is 0. The zero-order chi connectivity index (χ0) is 14.6. The lowest BCUT2D eigenvalue weighted by Gasteiger charge is -2.08. The van der Waals surface area contributed by atoms with Crippen LogP contribution in [-0.4, -0.2) is 8.42 Å². The minimum absolute atomic E-state index is 0.138. The molecule has 0 saturated heterocycles. The number of rotatable bonds is 4. The zero-order valence-electron chi connectivity index (χ0n) is 10.4. The number of sulfonamides is 1. The van der Waals surface area contributed by atoms with Crippen molar-refractivity contribution in [1.29, 1.82) is 5.26 Å². The maximum Gasteiger partial charge on any atom is 0.261 e. The Morgan fingerprint density at radius 2 is 1.85 bits per heavy atom. The van der Waals surface area contributed by atoms with E-state index in [1.165, 1.54) is 18.2 Å². The second-order valence-electron chi connectivity index (χ2n) is 4.09. The SMILES string of the molecule is N#CCc1ccc(S(=O)(=O)Nc2cccc(Cl)c2)cc1. The third-order valence-corrected chi connectivity index (χ3v) is 4.23. The number of benzene rings is 2. The predicted octanol–water partition coefficient (Wildman–Crippen LogP) is 3.21. The van der Waals surface area contributed by atoms with Gasteiger partial charge < -0.3 is 0 Å². The molecule has 0 saturated carbocycles. The van der Waals surface area contributed by atoms with Crippen molar-refractivity contribution in [3.8, 4) is 6.07 Å². The third kappa shape index (κ3) is 3.50. The first-order valence-corrected chi connectivity index (χ1v) is 7.62. The van der Waals surface area contributed by atoms with Crippen molar-refractivity contribution in [1.82, 2.24) is 0 Å². The number of anilines is 1. The van der Waals surface area contributed by atoms with E-state index < -0.39 is 10.0 Å². The summed E-state index contributed by atoms with van der Waals surface area (Å²) in [5, 5.41) is 9.03. The summed E-state index contributed by atoms with van der Waals surface area (Å²) >= 11 is 5.81. The highest BCUT2D eigenvalue weighted by Crippen LogP contribution is 2.19. The first-order valence-electron chi connectivity index (χ1n) is 5.75. The van der Waals surface area contributed by atoms with Crippen LogP contribution in [0.15, 0.2) is 53.4 Å². The minimum Gasteiger partial charge on any atom is -0.280 e. The normalized spacial score (nSPS) is 10.8. The number of nitriles is 1. The van der Waals surface area contributed by atoms with Crippen LogP contribution in [0.2, 0.25) is 5.02 Å². The Labute approximate surface area is 122 Å². The van der Waals surface area contributed by atoms with Crippen LogP contribution in [0.25, 0.3) is 0 Å². The fraction of sp³-hybridized carbons (Fsp3) is 0.0714. The van der Waals surface area contributed by atoms with Gasteiger partial charge >= 0.3 is 0 Å². The highest BCUT2D eigenvalue weighted by atomic mass is 35.5. The molecule has 2 aromatic rings. The van der Waals surface area contributed by atoms with E-state index in [2.05, 4.69) is 4.72 Å².